The molecule has 0 amide bonds. The molecular formula is C18H16F8N2O3. The highest BCUT2D eigenvalue weighted by Crippen LogP contribution is 2.32. The maximum atomic E-state index is 12.5. The molecule has 0 spiro atoms. The van der Waals surface area contributed by atoms with Crippen molar-refractivity contribution in [1.29, 1.82) is 0 Å². The van der Waals surface area contributed by atoms with Crippen LogP contribution in [0.1, 0.15) is 25.0 Å². The Bertz CT molecular complexity index is 838. The predicted molar refractivity (Wildman–Crippen MR) is 94.1 cm³/mol. The Kier molecular flexibility index (Phi) is 9.92. The van der Waals surface area contributed by atoms with Crippen molar-refractivity contribution in [2.75, 3.05) is 11.5 Å². The number of halogens is 8. The lowest BCUT2D eigenvalue weighted by atomic mass is 10.2. The second kappa shape index (κ2) is 11.1. The number of carbonyl (C=O) groups excluding carboxylic acids is 2. The second-order valence-corrected chi connectivity index (χ2v) is 5.56. The number of esters is 2. The van der Waals surface area contributed by atoms with Gasteiger partial charge in [-0.1, -0.05) is 0 Å². The van der Waals surface area contributed by atoms with Gasteiger partial charge in [0.15, 0.2) is 0 Å². The number of rotatable bonds is 0. The Labute approximate surface area is 170 Å². The van der Waals surface area contributed by atoms with E-state index in [1.807, 2.05) is 0 Å². The quantitative estimate of drug-likeness (QED) is 0.251. The van der Waals surface area contributed by atoms with E-state index < -0.39 is 47.1 Å². The van der Waals surface area contributed by atoms with Crippen molar-refractivity contribution in [3.63, 3.8) is 0 Å². The molecule has 0 aromatic heterocycles. The third kappa shape index (κ3) is 10.8. The highest BCUT2D eigenvalue weighted by atomic mass is 19.4. The first-order chi connectivity index (χ1) is 13.9. The van der Waals surface area contributed by atoms with E-state index in [1.165, 1.54) is 13.8 Å². The Morgan fingerprint density at radius 3 is 1.16 bits per heavy atom. The van der Waals surface area contributed by atoms with Gasteiger partial charge in [0.1, 0.15) is 11.6 Å². The van der Waals surface area contributed by atoms with Crippen LogP contribution >= 0.6 is 0 Å². The summed E-state index contributed by atoms with van der Waals surface area (Å²) in [7, 11) is 0. The molecule has 13 heteroatoms. The van der Waals surface area contributed by atoms with Gasteiger partial charge < -0.3 is 16.2 Å². The summed E-state index contributed by atoms with van der Waals surface area (Å²) in [5, 5.41) is 0. The third-order valence-electron chi connectivity index (χ3n) is 2.88. The Morgan fingerprint density at radius 1 is 0.710 bits per heavy atom. The number of anilines is 2. The van der Waals surface area contributed by atoms with Crippen LogP contribution in [0.15, 0.2) is 36.4 Å². The van der Waals surface area contributed by atoms with Gasteiger partial charge in [-0.2, -0.15) is 26.3 Å². The molecule has 0 fully saturated rings. The van der Waals surface area contributed by atoms with Gasteiger partial charge in [0.2, 0.25) is 0 Å². The van der Waals surface area contributed by atoms with Crippen LogP contribution in [-0.4, -0.2) is 11.9 Å². The zero-order chi connectivity index (χ0) is 24.6. The second-order valence-electron chi connectivity index (χ2n) is 5.56. The minimum atomic E-state index is -4.65. The van der Waals surface area contributed by atoms with E-state index in [2.05, 4.69) is 4.74 Å². The van der Waals surface area contributed by atoms with Crippen LogP contribution in [-0.2, 0) is 26.7 Å². The molecule has 0 unspecified atom stereocenters. The summed E-state index contributed by atoms with van der Waals surface area (Å²) in [4.78, 5) is 19.6. The van der Waals surface area contributed by atoms with Crippen LogP contribution in [0.2, 0.25) is 0 Å². The summed E-state index contributed by atoms with van der Waals surface area (Å²) in [5.74, 6) is -3.81. The number of ether oxygens (including phenoxy) is 1. The zero-order valence-electron chi connectivity index (χ0n) is 15.9. The van der Waals surface area contributed by atoms with Crippen LogP contribution in [0, 0.1) is 11.6 Å². The zero-order valence-corrected chi connectivity index (χ0v) is 15.9. The van der Waals surface area contributed by atoms with Gasteiger partial charge in [-0.3, -0.25) is 9.59 Å². The van der Waals surface area contributed by atoms with Crippen LogP contribution in [0.4, 0.5) is 46.5 Å². The van der Waals surface area contributed by atoms with Crippen LogP contribution < -0.4 is 11.5 Å². The van der Waals surface area contributed by atoms with Crippen LogP contribution in [0.3, 0.4) is 0 Å². The molecule has 0 aliphatic rings. The summed E-state index contributed by atoms with van der Waals surface area (Å²) < 4.78 is 100. The van der Waals surface area contributed by atoms with Crippen molar-refractivity contribution in [3.8, 4) is 0 Å². The number of hydrogen-bond donors (Lipinski definition) is 2. The fourth-order valence-electron chi connectivity index (χ4n) is 1.72. The summed E-state index contributed by atoms with van der Waals surface area (Å²) in [6.45, 7) is 2.36. The molecule has 4 N–H and O–H groups in total. The van der Waals surface area contributed by atoms with Crippen molar-refractivity contribution in [1.82, 2.24) is 0 Å². The van der Waals surface area contributed by atoms with Crippen LogP contribution in [0.25, 0.3) is 0 Å². The van der Waals surface area contributed by atoms with E-state index >= 15 is 0 Å². The molecule has 5 nitrogen and oxygen atoms in total. The SMILES string of the molecule is CC(=O)OC(C)=O.Nc1ccc(C(F)(F)F)c(F)c1.Nc1ccc(C(F)(F)F)c(F)c1. The average Bonchev–Trinajstić information content (AvgIpc) is 2.51. The van der Waals surface area contributed by atoms with E-state index in [0.29, 0.717) is 24.3 Å². The number of nitrogen functional groups attached to an aromatic ring is 2. The van der Waals surface area contributed by atoms with Crippen molar-refractivity contribution < 1.29 is 49.4 Å². The molecule has 172 valence electrons. The Balaban J connectivity index is 0.000000454. The number of benzene rings is 2. The van der Waals surface area contributed by atoms with Gasteiger partial charge in [-0.25, -0.2) is 8.78 Å². The molecule has 0 atom stereocenters. The molecule has 0 bridgehead atoms. The molecule has 2 rings (SSSR count). The first-order valence-corrected chi connectivity index (χ1v) is 7.88. The first-order valence-electron chi connectivity index (χ1n) is 7.88. The topological polar surface area (TPSA) is 95.4 Å². The molecule has 0 saturated heterocycles. The van der Waals surface area contributed by atoms with Crippen molar-refractivity contribution in [2.45, 2.75) is 26.2 Å². The van der Waals surface area contributed by atoms with Gasteiger partial charge in [0.05, 0.1) is 11.1 Å². The minimum Gasteiger partial charge on any atom is -0.399 e. The summed E-state index contributed by atoms with van der Waals surface area (Å²) in [6.07, 6.45) is -9.31. The lowest BCUT2D eigenvalue weighted by Gasteiger charge is -2.07. The molecule has 0 saturated carbocycles. The molecule has 0 heterocycles. The minimum absolute atomic E-state index is 0.0273. The number of alkyl halides is 6. The van der Waals surface area contributed by atoms with E-state index in [1.54, 1.807) is 0 Å². The van der Waals surface area contributed by atoms with Crippen molar-refractivity contribution in [3.05, 3.63) is 59.2 Å². The number of carbonyl (C=O) groups is 2. The molecular weight excluding hydrogens is 444 g/mol. The van der Waals surface area contributed by atoms with Crippen LogP contribution in [0.5, 0.6) is 0 Å². The summed E-state index contributed by atoms with van der Waals surface area (Å²) in [6, 6.07) is 4.53. The van der Waals surface area contributed by atoms with Gasteiger partial charge in [0.25, 0.3) is 0 Å². The molecule has 0 radical (unpaired) electrons. The van der Waals surface area contributed by atoms with Gasteiger partial charge in [-0.15, -0.1) is 0 Å². The van der Waals surface area contributed by atoms with Crippen molar-refractivity contribution >= 4 is 23.3 Å². The monoisotopic (exact) mass is 460 g/mol. The lowest BCUT2D eigenvalue weighted by Crippen LogP contribution is -2.08. The largest absolute Gasteiger partial charge is 0.419 e. The Hall–Kier alpha value is -3.38. The number of hydrogen-bond acceptors (Lipinski definition) is 5. The lowest BCUT2D eigenvalue weighted by molar-refractivity contribution is -0.156. The summed E-state index contributed by atoms with van der Waals surface area (Å²) >= 11 is 0. The standard InChI is InChI=1S/2C7H5F4N.C4H6O3/c2*8-6-3-4(12)1-2-5(6)7(9,10)11;1-3(5)7-4(2)6/h2*1-3H,12H2;1-2H3. The highest BCUT2D eigenvalue weighted by molar-refractivity contribution is 5.82. The summed E-state index contributed by atoms with van der Waals surface area (Å²) in [5.41, 5.74) is 7.48. The third-order valence-corrected chi connectivity index (χ3v) is 2.88. The van der Waals surface area contributed by atoms with E-state index in [4.69, 9.17) is 11.5 Å². The van der Waals surface area contributed by atoms with Gasteiger partial charge in [0, 0.05) is 25.2 Å². The van der Waals surface area contributed by atoms with E-state index in [-0.39, 0.29) is 11.4 Å². The van der Waals surface area contributed by atoms with Crippen molar-refractivity contribution in [2.24, 2.45) is 0 Å². The molecule has 0 aliphatic carbocycles. The smallest absolute Gasteiger partial charge is 0.399 e. The predicted octanol–water partition coefficient (Wildman–Crippen LogP) is 4.95. The molecule has 0 aliphatic heterocycles. The van der Waals surface area contributed by atoms with Gasteiger partial charge in [-0.05, 0) is 36.4 Å². The normalized spacial score (nSPS) is 10.8. The van der Waals surface area contributed by atoms with E-state index in [9.17, 15) is 44.7 Å². The van der Waals surface area contributed by atoms with E-state index in [0.717, 1.165) is 12.1 Å². The highest BCUT2D eigenvalue weighted by Gasteiger charge is 2.34. The first kappa shape index (κ1) is 27.6. The molecule has 2 aromatic rings. The average molecular weight is 460 g/mol. The maximum Gasteiger partial charge on any atom is 0.419 e. The fraction of sp³-hybridized carbons (Fsp3) is 0.222. The molecule has 31 heavy (non-hydrogen) atoms. The number of nitrogens with two attached hydrogens (primary N) is 2. The fourth-order valence-corrected chi connectivity index (χ4v) is 1.72. The maximum absolute atomic E-state index is 12.5. The molecule has 2 aromatic carbocycles. The van der Waals surface area contributed by atoms with Gasteiger partial charge >= 0.3 is 24.3 Å². The Morgan fingerprint density at radius 2 is 1.00 bits per heavy atom.